The number of benzene rings is 1. The lowest BCUT2D eigenvalue weighted by Gasteiger charge is -2.25. The molecule has 1 N–H and O–H groups in total. The molecule has 19 heavy (non-hydrogen) atoms. The van der Waals surface area contributed by atoms with Crippen molar-refractivity contribution in [3.63, 3.8) is 0 Å². The summed E-state index contributed by atoms with van der Waals surface area (Å²) in [6.45, 7) is 4.86. The van der Waals surface area contributed by atoms with Gasteiger partial charge in [-0.15, -0.1) is 0 Å². The number of rotatable bonds is 3. The number of ether oxygens (including phenoxy) is 2. The van der Waals surface area contributed by atoms with E-state index < -0.39 is 11.4 Å². The van der Waals surface area contributed by atoms with Crippen LogP contribution in [0.5, 0.6) is 11.5 Å². The maximum Gasteiger partial charge on any atom is 0.304 e. The molecule has 1 aliphatic rings. The highest BCUT2D eigenvalue weighted by Gasteiger charge is 2.29. The van der Waals surface area contributed by atoms with Gasteiger partial charge in [-0.05, 0) is 11.6 Å². The molecular formula is C14H17ClO4. The minimum absolute atomic E-state index is 0.00631. The summed E-state index contributed by atoms with van der Waals surface area (Å²) in [5.74, 6) is 0.292. The van der Waals surface area contributed by atoms with E-state index in [0.29, 0.717) is 29.7 Å². The second-order valence-electron chi connectivity index (χ2n) is 5.26. The predicted molar refractivity (Wildman–Crippen MR) is 72.3 cm³/mol. The summed E-state index contributed by atoms with van der Waals surface area (Å²) in [6, 6.07) is 3.62. The van der Waals surface area contributed by atoms with Crippen LogP contribution in [-0.4, -0.2) is 24.3 Å². The third-order valence-corrected chi connectivity index (χ3v) is 3.55. The van der Waals surface area contributed by atoms with Crippen LogP contribution >= 0.6 is 11.6 Å². The molecule has 1 aromatic rings. The third-order valence-electron chi connectivity index (χ3n) is 3.18. The van der Waals surface area contributed by atoms with Gasteiger partial charge in [0.2, 0.25) is 0 Å². The Balaban J connectivity index is 2.43. The Labute approximate surface area is 117 Å². The molecule has 0 spiro atoms. The zero-order valence-electron chi connectivity index (χ0n) is 11.0. The summed E-state index contributed by atoms with van der Waals surface area (Å²) in [5, 5.41) is 9.44. The molecule has 0 fully saturated rings. The maximum absolute atomic E-state index is 10.9. The van der Waals surface area contributed by atoms with Gasteiger partial charge in [-0.2, -0.15) is 0 Å². The molecule has 0 bridgehead atoms. The second kappa shape index (κ2) is 5.29. The van der Waals surface area contributed by atoms with Crippen LogP contribution in [-0.2, 0) is 10.2 Å². The number of aliphatic carboxylic acids is 1. The van der Waals surface area contributed by atoms with Gasteiger partial charge in [-0.3, -0.25) is 4.79 Å². The van der Waals surface area contributed by atoms with Crippen LogP contribution in [0.15, 0.2) is 12.1 Å². The smallest absolute Gasteiger partial charge is 0.304 e. The number of hydrogen-bond acceptors (Lipinski definition) is 3. The van der Waals surface area contributed by atoms with Gasteiger partial charge < -0.3 is 14.6 Å². The molecule has 0 saturated heterocycles. The summed E-state index contributed by atoms with van der Waals surface area (Å²) < 4.78 is 11.2. The number of fused-ring (bicyclic) bond motifs is 1. The van der Waals surface area contributed by atoms with Crippen molar-refractivity contribution in [1.29, 1.82) is 0 Å². The third kappa shape index (κ3) is 2.95. The lowest BCUT2D eigenvalue weighted by Crippen LogP contribution is -2.22. The van der Waals surface area contributed by atoms with Gasteiger partial charge in [0.05, 0.1) is 24.7 Å². The number of hydrogen-bond donors (Lipinski definition) is 1. The van der Waals surface area contributed by atoms with E-state index in [2.05, 4.69) is 0 Å². The largest absolute Gasteiger partial charge is 0.490 e. The second-order valence-corrected chi connectivity index (χ2v) is 5.64. The minimum Gasteiger partial charge on any atom is -0.490 e. The molecule has 0 atom stereocenters. The van der Waals surface area contributed by atoms with E-state index in [9.17, 15) is 4.79 Å². The van der Waals surface area contributed by atoms with Gasteiger partial charge in [0.15, 0.2) is 11.5 Å². The van der Waals surface area contributed by atoms with Gasteiger partial charge >= 0.3 is 5.97 Å². The Kier molecular flexibility index (Phi) is 3.90. The number of halogens is 1. The molecule has 0 radical (unpaired) electrons. The van der Waals surface area contributed by atoms with E-state index in [-0.39, 0.29) is 6.42 Å². The van der Waals surface area contributed by atoms with E-state index in [0.717, 1.165) is 12.0 Å². The Morgan fingerprint density at radius 2 is 2.05 bits per heavy atom. The first-order valence-electron chi connectivity index (χ1n) is 6.22. The fraction of sp³-hybridized carbons (Fsp3) is 0.500. The lowest BCUT2D eigenvalue weighted by molar-refractivity contribution is -0.138. The van der Waals surface area contributed by atoms with E-state index in [1.807, 2.05) is 19.9 Å². The number of carboxylic acids is 1. The van der Waals surface area contributed by atoms with Crippen LogP contribution in [0.25, 0.3) is 0 Å². The minimum atomic E-state index is -0.854. The monoisotopic (exact) mass is 284 g/mol. The van der Waals surface area contributed by atoms with E-state index >= 15 is 0 Å². The van der Waals surface area contributed by atoms with Gasteiger partial charge in [-0.25, -0.2) is 0 Å². The first-order valence-corrected chi connectivity index (χ1v) is 6.60. The maximum atomic E-state index is 10.9. The fourth-order valence-electron chi connectivity index (χ4n) is 2.20. The Hall–Kier alpha value is -1.42. The standard InChI is InChI=1S/C14H17ClO4/c1-14(2,8-11(16)17)9-4-5-10-13(12(9)15)19-7-3-6-18-10/h4-5H,3,6-8H2,1-2H3,(H,16,17). The van der Waals surface area contributed by atoms with Crippen LogP contribution in [0.3, 0.4) is 0 Å². The lowest BCUT2D eigenvalue weighted by atomic mass is 9.81. The Morgan fingerprint density at radius 1 is 1.37 bits per heavy atom. The first kappa shape index (κ1) is 14.0. The highest BCUT2D eigenvalue weighted by atomic mass is 35.5. The molecular weight excluding hydrogens is 268 g/mol. The van der Waals surface area contributed by atoms with Crippen LogP contribution in [0.1, 0.15) is 32.3 Å². The van der Waals surface area contributed by atoms with Crippen molar-refractivity contribution in [3.8, 4) is 11.5 Å². The first-order chi connectivity index (χ1) is 8.92. The highest BCUT2D eigenvalue weighted by molar-refractivity contribution is 6.33. The SMILES string of the molecule is CC(C)(CC(=O)O)c1ccc2c(c1Cl)OCCCO2. The van der Waals surface area contributed by atoms with Gasteiger partial charge in [0, 0.05) is 11.8 Å². The van der Waals surface area contributed by atoms with Crippen LogP contribution in [0.4, 0.5) is 0 Å². The van der Waals surface area contributed by atoms with Crippen molar-refractivity contribution < 1.29 is 19.4 Å². The van der Waals surface area contributed by atoms with Crippen molar-refractivity contribution in [2.24, 2.45) is 0 Å². The number of carbonyl (C=O) groups is 1. The Morgan fingerprint density at radius 3 is 2.74 bits per heavy atom. The van der Waals surface area contributed by atoms with Crippen LogP contribution in [0.2, 0.25) is 5.02 Å². The van der Waals surface area contributed by atoms with E-state index in [1.54, 1.807) is 6.07 Å². The molecule has 1 aromatic carbocycles. The molecule has 1 heterocycles. The molecule has 4 nitrogen and oxygen atoms in total. The molecule has 5 heteroatoms. The highest BCUT2D eigenvalue weighted by Crippen LogP contribution is 2.44. The molecule has 0 aliphatic carbocycles. The summed E-state index contributed by atoms with van der Waals surface area (Å²) >= 11 is 6.37. The predicted octanol–water partition coefficient (Wildman–Crippen LogP) is 3.25. The molecule has 0 saturated carbocycles. The Bertz CT molecular complexity index is 496. The van der Waals surface area contributed by atoms with Crippen molar-refractivity contribution in [3.05, 3.63) is 22.7 Å². The van der Waals surface area contributed by atoms with E-state index in [4.69, 9.17) is 26.2 Å². The van der Waals surface area contributed by atoms with Gasteiger partial charge in [0.25, 0.3) is 0 Å². The number of carboxylic acid groups (broad SMARTS) is 1. The van der Waals surface area contributed by atoms with Crippen molar-refractivity contribution in [2.75, 3.05) is 13.2 Å². The summed E-state index contributed by atoms with van der Waals surface area (Å²) in [5.41, 5.74) is 0.203. The van der Waals surface area contributed by atoms with Crippen molar-refractivity contribution in [1.82, 2.24) is 0 Å². The molecule has 0 amide bonds. The zero-order valence-corrected chi connectivity index (χ0v) is 11.8. The van der Waals surface area contributed by atoms with Crippen LogP contribution in [0, 0.1) is 0 Å². The molecule has 2 rings (SSSR count). The molecule has 0 aromatic heterocycles. The normalized spacial score (nSPS) is 14.9. The summed E-state index contributed by atoms with van der Waals surface area (Å²) in [6.07, 6.45) is 0.811. The van der Waals surface area contributed by atoms with Gasteiger partial charge in [0.1, 0.15) is 0 Å². The molecule has 0 unspecified atom stereocenters. The van der Waals surface area contributed by atoms with E-state index in [1.165, 1.54) is 0 Å². The molecule has 1 aliphatic heterocycles. The average molecular weight is 285 g/mol. The average Bonchev–Trinajstić information content (AvgIpc) is 2.52. The van der Waals surface area contributed by atoms with Crippen molar-refractivity contribution >= 4 is 17.6 Å². The van der Waals surface area contributed by atoms with Crippen molar-refractivity contribution in [2.45, 2.75) is 32.1 Å². The van der Waals surface area contributed by atoms with Crippen LogP contribution < -0.4 is 9.47 Å². The summed E-state index contributed by atoms with van der Waals surface area (Å²) in [4.78, 5) is 10.9. The summed E-state index contributed by atoms with van der Waals surface area (Å²) in [7, 11) is 0. The topological polar surface area (TPSA) is 55.8 Å². The fourth-order valence-corrected chi connectivity index (χ4v) is 2.66. The zero-order chi connectivity index (χ0) is 14.0. The van der Waals surface area contributed by atoms with Gasteiger partial charge in [-0.1, -0.05) is 31.5 Å². The molecule has 104 valence electrons. The quantitative estimate of drug-likeness (QED) is 0.926.